The molecule has 1 rings (SSSR count). The van der Waals surface area contributed by atoms with Gasteiger partial charge in [-0.1, -0.05) is 24.3 Å². The van der Waals surface area contributed by atoms with Crippen LogP contribution in [-0.2, 0) is 0 Å². The fourth-order valence-electron chi connectivity index (χ4n) is 0.579. The second-order valence-corrected chi connectivity index (χ2v) is 2.18. The van der Waals surface area contributed by atoms with Crippen molar-refractivity contribution in [2.75, 3.05) is 0 Å². The smallest absolute Gasteiger partial charge is 0.0377 e. The van der Waals surface area contributed by atoms with Crippen molar-refractivity contribution in [2.24, 2.45) is 0 Å². The Kier molecular flexibility index (Phi) is 1.58. The van der Waals surface area contributed by atoms with Gasteiger partial charge >= 0.3 is 0 Å². The van der Waals surface area contributed by atoms with Crippen molar-refractivity contribution in [3.63, 3.8) is 0 Å². The minimum atomic E-state index is 0.369. The van der Waals surface area contributed by atoms with Crippen molar-refractivity contribution in [1.29, 1.82) is 0 Å². The first-order chi connectivity index (χ1) is 3.39. The zero-order valence-electron chi connectivity index (χ0n) is 4.04. The molecule has 0 aliphatic heterocycles. The monoisotopic (exact) mass is 112 g/mol. The molecule has 0 spiro atoms. The van der Waals surface area contributed by atoms with Crippen LogP contribution < -0.4 is 0 Å². The van der Waals surface area contributed by atoms with Crippen LogP contribution in [0.2, 0.25) is 0 Å². The number of rotatable bonds is 0. The van der Waals surface area contributed by atoms with Crippen LogP contribution in [0.1, 0.15) is 6.42 Å². The Morgan fingerprint density at radius 1 is 1.29 bits per heavy atom. The Hall–Kier alpha value is -0.170. The van der Waals surface area contributed by atoms with Crippen LogP contribution in [0, 0.1) is 0 Å². The molecule has 0 aromatic carbocycles. The highest BCUT2D eigenvalue weighted by Gasteiger charge is 1.91. The van der Waals surface area contributed by atoms with Gasteiger partial charge in [-0.05, 0) is 6.42 Å². The molecule has 0 nitrogen and oxygen atoms in total. The van der Waals surface area contributed by atoms with E-state index in [1.54, 1.807) is 0 Å². The van der Waals surface area contributed by atoms with Gasteiger partial charge < -0.3 is 0 Å². The number of allylic oxidation sites excluding steroid dienone is 2. The zero-order chi connectivity index (χ0) is 5.11. The van der Waals surface area contributed by atoms with Gasteiger partial charge in [-0.2, -0.15) is 12.6 Å². The van der Waals surface area contributed by atoms with Crippen LogP contribution >= 0.6 is 12.6 Å². The minimum Gasteiger partial charge on any atom is -0.168 e. The van der Waals surface area contributed by atoms with E-state index in [2.05, 4.69) is 36.9 Å². The summed E-state index contributed by atoms with van der Waals surface area (Å²) in [7, 11) is 0. The molecular formula is C6H8S. The van der Waals surface area contributed by atoms with Crippen LogP contribution in [0.15, 0.2) is 24.3 Å². The number of hydrogen-bond acceptors (Lipinski definition) is 1. The van der Waals surface area contributed by atoms with Gasteiger partial charge in [-0.25, -0.2) is 0 Å². The minimum absolute atomic E-state index is 0.369. The predicted octanol–water partition coefficient (Wildman–Crippen LogP) is 1.80. The first kappa shape index (κ1) is 4.98. The normalized spacial score (nSPS) is 20.7. The Balaban J connectivity index is 2.49. The van der Waals surface area contributed by atoms with E-state index in [1.165, 1.54) is 0 Å². The summed E-state index contributed by atoms with van der Waals surface area (Å²) in [6.07, 6.45) is 9.50. The van der Waals surface area contributed by atoms with E-state index in [9.17, 15) is 0 Å². The molecule has 0 saturated heterocycles. The molecule has 0 aromatic rings. The average Bonchev–Trinajstić information content (AvgIpc) is 1.69. The van der Waals surface area contributed by atoms with E-state index >= 15 is 0 Å². The number of hydrogen-bond donors (Lipinski definition) is 1. The third-order valence-electron chi connectivity index (χ3n) is 0.939. The second-order valence-electron chi connectivity index (χ2n) is 1.58. The summed E-state index contributed by atoms with van der Waals surface area (Å²) in [5.74, 6) is 0. The van der Waals surface area contributed by atoms with E-state index in [4.69, 9.17) is 0 Å². The van der Waals surface area contributed by atoms with Gasteiger partial charge in [-0.3, -0.25) is 0 Å². The molecule has 1 aliphatic carbocycles. The summed E-state index contributed by atoms with van der Waals surface area (Å²) in [5, 5.41) is 0.369. The molecule has 0 heterocycles. The summed E-state index contributed by atoms with van der Waals surface area (Å²) >= 11 is 4.19. The lowest BCUT2D eigenvalue weighted by Crippen LogP contribution is -1.88. The van der Waals surface area contributed by atoms with Crippen LogP contribution in [0.4, 0.5) is 0 Å². The SMILES string of the molecule is SC1C=CCC=C1. The first-order valence-electron chi connectivity index (χ1n) is 2.41. The van der Waals surface area contributed by atoms with Crippen molar-refractivity contribution in [1.82, 2.24) is 0 Å². The van der Waals surface area contributed by atoms with E-state index in [0.717, 1.165) is 6.42 Å². The van der Waals surface area contributed by atoms with Gasteiger partial charge in [-0.15, -0.1) is 0 Å². The second kappa shape index (κ2) is 2.22. The van der Waals surface area contributed by atoms with Crippen molar-refractivity contribution < 1.29 is 0 Å². The van der Waals surface area contributed by atoms with Crippen LogP contribution in [-0.4, -0.2) is 5.25 Å². The summed E-state index contributed by atoms with van der Waals surface area (Å²) < 4.78 is 0. The molecule has 0 aromatic heterocycles. The standard InChI is InChI=1S/C6H8S/c7-6-4-2-1-3-5-6/h2-7H,1H2. The molecule has 7 heavy (non-hydrogen) atoms. The largest absolute Gasteiger partial charge is 0.168 e. The Morgan fingerprint density at radius 3 is 2.14 bits per heavy atom. The van der Waals surface area contributed by atoms with Gasteiger partial charge in [0.2, 0.25) is 0 Å². The molecule has 0 fully saturated rings. The molecule has 0 unspecified atom stereocenters. The Labute approximate surface area is 49.3 Å². The zero-order valence-corrected chi connectivity index (χ0v) is 4.94. The highest BCUT2D eigenvalue weighted by atomic mass is 32.1. The Morgan fingerprint density at radius 2 is 1.86 bits per heavy atom. The average molecular weight is 112 g/mol. The molecule has 0 amide bonds. The molecule has 0 saturated carbocycles. The van der Waals surface area contributed by atoms with E-state index < -0.39 is 0 Å². The van der Waals surface area contributed by atoms with Crippen molar-refractivity contribution >= 4 is 12.6 Å². The maximum Gasteiger partial charge on any atom is 0.0377 e. The third-order valence-corrected chi connectivity index (χ3v) is 1.28. The topological polar surface area (TPSA) is 0 Å². The molecule has 0 radical (unpaired) electrons. The summed E-state index contributed by atoms with van der Waals surface area (Å²) in [4.78, 5) is 0. The lowest BCUT2D eigenvalue weighted by Gasteiger charge is -1.99. The van der Waals surface area contributed by atoms with Crippen molar-refractivity contribution in [2.45, 2.75) is 11.7 Å². The van der Waals surface area contributed by atoms with Crippen molar-refractivity contribution in [3.05, 3.63) is 24.3 Å². The molecule has 1 aliphatic rings. The highest BCUT2D eigenvalue weighted by molar-refractivity contribution is 7.81. The van der Waals surface area contributed by atoms with Gasteiger partial charge in [0.1, 0.15) is 0 Å². The lowest BCUT2D eigenvalue weighted by atomic mass is 10.2. The Bertz CT molecular complexity index is 90.7. The van der Waals surface area contributed by atoms with Gasteiger partial charge in [0, 0.05) is 5.25 Å². The van der Waals surface area contributed by atoms with Gasteiger partial charge in [0.15, 0.2) is 0 Å². The first-order valence-corrected chi connectivity index (χ1v) is 2.92. The highest BCUT2D eigenvalue weighted by Crippen LogP contribution is 2.05. The van der Waals surface area contributed by atoms with Gasteiger partial charge in [0.25, 0.3) is 0 Å². The molecule has 38 valence electrons. The molecular weight excluding hydrogens is 104 g/mol. The fourth-order valence-corrected chi connectivity index (χ4v) is 0.822. The van der Waals surface area contributed by atoms with E-state index in [0.29, 0.717) is 5.25 Å². The van der Waals surface area contributed by atoms with Crippen molar-refractivity contribution in [3.8, 4) is 0 Å². The fraction of sp³-hybridized carbons (Fsp3) is 0.333. The maximum absolute atomic E-state index is 4.19. The van der Waals surface area contributed by atoms with E-state index in [1.807, 2.05) is 0 Å². The summed E-state index contributed by atoms with van der Waals surface area (Å²) in [6, 6.07) is 0. The maximum atomic E-state index is 4.19. The van der Waals surface area contributed by atoms with E-state index in [-0.39, 0.29) is 0 Å². The summed E-state index contributed by atoms with van der Waals surface area (Å²) in [6.45, 7) is 0. The van der Waals surface area contributed by atoms with Gasteiger partial charge in [0.05, 0.1) is 0 Å². The quantitative estimate of drug-likeness (QED) is 0.358. The number of thiol groups is 1. The van der Waals surface area contributed by atoms with Crippen LogP contribution in [0.25, 0.3) is 0 Å². The summed E-state index contributed by atoms with van der Waals surface area (Å²) in [5.41, 5.74) is 0. The third kappa shape index (κ3) is 1.39. The molecule has 0 atom stereocenters. The van der Waals surface area contributed by atoms with Crippen LogP contribution in [0.3, 0.4) is 0 Å². The molecule has 1 heteroatoms. The molecule has 0 bridgehead atoms. The van der Waals surface area contributed by atoms with Crippen LogP contribution in [0.5, 0.6) is 0 Å². The molecule has 0 N–H and O–H groups in total. The lowest BCUT2D eigenvalue weighted by molar-refractivity contribution is 1.25. The predicted molar refractivity (Wildman–Crippen MR) is 35.7 cm³/mol.